The molecule has 1 aromatic heterocycles. The van der Waals surface area contributed by atoms with Crippen LogP contribution in [0.5, 0.6) is 0 Å². The molecule has 4 heteroatoms. The van der Waals surface area contributed by atoms with Gasteiger partial charge in [0.2, 0.25) is 0 Å². The molecule has 4 atom stereocenters. The first-order valence-corrected chi connectivity index (χ1v) is 4.72. The van der Waals surface area contributed by atoms with Crippen LogP contribution in [0.3, 0.4) is 0 Å². The first-order chi connectivity index (χ1) is 6.70. The summed E-state index contributed by atoms with van der Waals surface area (Å²) in [6.45, 7) is 0. The van der Waals surface area contributed by atoms with E-state index in [1.165, 1.54) is 0 Å². The van der Waals surface area contributed by atoms with E-state index < -0.39 is 12.2 Å². The number of aliphatic hydroxyl groups excluding tert-OH is 2. The Morgan fingerprint density at radius 3 is 2.43 bits per heavy atom. The molecule has 0 aliphatic heterocycles. The molecule has 4 N–H and O–H groups in total. The van der Waals surface area contributed by atoms with Crippen molar-refractivity contribution in [2.45, 2.75) is 30.6 Å². The molecule has 2 rings (SSSR count). The van der Waals surface area contributed by atoms with Gasteiger partial charge in [-0.1, -0.05) is 0 Å². The molecule has 14 heavy (non-hydrogen) atoms. The maximum absolute atomic E-state index is 9.51. The van der Waals surface area contributed by atoms with E-state index in [4.69, 9.17) is 5.73 Å². The number of hydrogen-bond donors (Lipinski definition) is 3. The second-order valence-electron chi connectivity index (χ2n) is 3.76. The summed E-state index contributed by atoms with van der Waals surface area (Å²) in [7, 11) is 0. The Morgan fingerprint density at radius 2 is 1.93 bits per heavy atom. The third-order valence-electron chi connectivity index (χ3n) is 2.88. The van der Waals surface area contributed by atoms with Gasteiger partial charge < -0.3 is 15.9 Å². The summed E-state index contributed by atoms with van der Waals surface area (Å²) in [5.74, 6) is 0.0306. The number of hydrogen-bond acceptors (Lipinski definition) is 4. The molecule has 0 saturated heterocycles. The van der Waals surface area contributed by atoms with E-state index in [9.17, 15) is 10.2 Å². The van der Waals surface area contributed by atoms with E-state index in [1.807, 2.05) is 12.1 Å². The number of aromatic nitrogens is 1. The quantitative estimate of drug-likeness (QED) is 0.569. The monoisotopic (exact) mass is 194 g/mol. The van der Waals surface area contributed by atoms with Crippen molar-refractivity contribution in [1.29, 1.82) is 0 Å². The fourth-order valence-electron chi connectivity index (χ4n) is 2.02. The van der Waals surface area contributed by atoms with Gasteiger partial charge in [-0.15, -0.1) is 0 Å². The second kappa shape index (κ2) is 3.65. The van der Waals surface area contributed by atoms with Crippen LogP contribution in [0, 0.1) is 0 Å². The second-order valence-corrected chi connectivity index (χ2v) is 3.76. The number of pyridine rings is 1. The van der Waals surface area contributed by atoms with Gasteiger partial charge in [-0.3, -0.25) is 4.98 Å². The summed E-state index contributed by atoms with van der Waals surface area (Å²) in [6, 6.07) is 3.36. The van der Waals surface area contributed by atoms with Crippen molar-refractivity contribution in [3.8, 4) is 0 Å². The van der Waals surface area contributed by atoms with Crippen molar-refractivity contribution in [3.05, 3.63) is 30.1 Å². The van der Waals surface area contributed by atoms with Gasteiger partial charge >= 0.3 is 0 Å². The number of nitrogens with two attached hydrogens (primary N) is 1. The molecule has 1 heterocycles. The van der Waals surface area contributed by atoms with Gasteiger partial charge in [0.05, 0.1) is 12.2 Å². The van der Waals surface area contributed by atoms with Crippen LogP contribution >= 0.6 is 0 Å². The molecule has 0 unspecified atom stereocenters. The minimum absolute atomic E-state index is 0.0306. The fraction of sp³-hybridized carbons (Fsp3) is 0.500. The lowest BCUT2D eigenvalue weighted by molar-refractivity contribution is 0.0363. The highest BCUT2D eigenvalue weighted by atomic mass is 16.3. The van der Waals surface area contributed by atoms with Crippen LogP contribution in [-0.2, 0) is 0 Å². The van der Waals surface area contributed by atoms with Crippen LogP contribution in [-0.4, -0.2) is 33.4 Å². The van der Waals surface area contributed by atoms with Gasteiger partial charge in [0, 0.05) is 24.4 Å². The first-order valence-electron chi connectivity index (χ1n) is 4.72. The highest BCUT2D eigenvalue weighted by molar-refractivity contribution is 5.21. The lowest BCUT2D eigenvalue weighted by Crippen LogP contribution is -2.37. The standard InChI is InChI=1S/C10H14N2O2/c11-9-7(5-8(13)10(9)14)6-1-3-12-4-2-6/h1-4,7-10,13-14H,5,11H2/t7-,8-,9-,10-/m1/s1. The number of rotatable bonds is 1. The average Bonchev–Trinajstić information content (AvgIpc) is 2.47. The smallest absolute Gasteiger partial charge is 0.0955 e. The largest absolute Gasteiger partial charge is 0.390 e. The van der Waals surface area contributed by atoms with Crippen molar-refractivity contribution >= 4 is 0 Å². The summed E-state index contributed by atoms with van der Waals surface area (Å²) in [4.78, 5) is 3.91. The van der Waals surface area contributed by atoms with Crippen LogP contribution in [0.2, 0.25) is 0 Å². The molecular weight excluding hydrogens is 180 g/mol. The SMILES string of the molecule is N[C@H]1[C@H](O)[C@H](O)C[C@@H]1c1ccncc1. The van der Waals surface area contributed by atoms with Crippen LogP contribution < -0.4 is 5.73 Å². The van der Waals surface area contributed by atoms with Crippen molar-refractivity contribution in [2.24, 2.45) is 5.73 Å². The predicted molar refractivity (Wildman–Crippen MR) is 51.6 cm³/mol. The molecule has 1 fully saturated rings. The molecule has 0 bridgehead atoms. The van der Waals surface area contributed by atoms with Gasteiger partial charge in [0.25, 0.3) is 0 Å². The van der Waals surface area contributed by atoms with Gasteiger partial charge in [-0.05, 0) is 24.1 Å². The molecule has 76 valence electrons. The van der Waals surface area contributed by atoms with Crippen molar-refractivity contribution in [1.82, 2.24) is 4.98 Å². The zero-order chi connectivity index (χ0) is 10.1. The topological polar surface area (TPSA) is 79.4 Å². The summed E-state index contributed by atoms with van der Waals surface area (Å²) < 4.78 is 0. The van der Waals surface area contributed by atoms with Crippen molar-refractivity contribution < 1.29 is 10.2 Å². The molecule has 0 aromatic carbocycles. The molecule has 1 saturated carbocycles. The maximum atomic E-state index is 9.51. The molecular formula is C10H14N2O2. The highest BCUT2D eigenvalue weighted by Gasteiger charge is 2.39. The van der Waals surface area contributed by atoms with E-state index in [1.54, 1.807) is 12.4 Å². The Balaban J connectivity index is 2.21. The van der Waals surface area contributed by atoms with Crippen molar-refractivity contribution in [2.75, 3.05) is 0 Å². The predicted octanol–water partition coefficient (Wildman–Crippen LogP) is -0.382. The van der Waals surface area contributed by atoms with Crippen LogP contribution in [0.4, 0.5) is 0 Å². The summed E-state index contributed by atoms with van der Waals surface area (Å²) >= 11 is 0. The molecule has 1 aliphatic rings. The van der Waals surface area contributed by atoms with E-state index >= 15 is 0 Å². The third kappa shape index (κ3) is 1.52. The maximum Gasteiger partial charge on any atom is 0.0955 e. The Kier molecular flexibility index (Phi) is 2.50. The fourth-order valence-corrected chi connectivity index (χ4v) is 2.02. The Morgan fingerprint density at radius 1 is 1.29 bits per heavy atom. The molecule has 1 aliphatic carbocycles. The van der Waals surface area contributed by atoms with Crippen LogP contribution in [0.15, 0.2) is 24.5 Å². The summed E-state index contributed by atoms with van der Waals surface area (Å²) in [5.41, 5.74) is 6.85. The molecule has 0 radical (unpaired) electrons. The zero-order valence-electron chi connectivity index (χ0n) is 7.74. The van der Waals surface area contributed by atoms with E-state index in [-0.39, 0.29) is 12.0 Å². The van der Waals surface area contributed by atoms with E-state index in [2.05, 4.69) is 4.98 Å². The lowest BCUT2D eigenvalue weighted by Gasteiger charge is -2.16. The third-order valence-corrected chi connectivity index (χ3v) is 2.88. The first kappa shape index (κ1) is 9.58. The van der Waals surface area contributed by atoms with E-state index in [0.717, 1.165) is 5.56 Å². The number of aliphatic hydroxyl groups is 2. The summed E-state index contributed by atoms with van der Waals surface area (Å²) in [6.07, 6.45) is 2.39. The molecule has 1 aromatic rings. The van der Waals surface area contributed by atoms with Crippen LogP contribution in [0.1, 0.15) is 17.9 Å². The minimum Gasteiger partial charge on any atom is -0.390 e. The Hall–Kier alpha value is -0.970. The Labute approximate surface area is 82.4 Å². The van der Waals surface area contributed by atoms with E-state index in [0.29, 0.717) is 6.42 Å². The van der Waals surface area contributed by atoms with Gasteiger partial charge in [0.15, 0.2) is 0 Å². The van der Waals surface area contributed by atoms with Gasteiger partial charge in [-0.25, -0.2) is 0 Å². The number of nitrogens with zero attached hydrogens (tertiary/aromatic N) is 1. The average molecular weight is 194 g/mol. The highest BCUT2D eigenvalue weighted by Crippen LogP contribution is 2.33. The lowest BCUT2D eigenvalue weighted by atomic mass is 9.95. The zero-order valence-corrected chi connectivity index (χ0v) is 7.74. The molecule has 0 amide bonds. The van der Waals surface area contributed by atoms with Crippen molar-refractivity contribution in [3.63, 3.8) is 0 Å². The minimum atomic E-state index is -0.812. The Bertz CT molecular complexity index is 304. The normalized spacial score (nSPS) is 37.4. The van der Waals surface area contributed by atoms with Gasteiger partial charge in [0.1, 0.15) is 0 Å². The van der Waals surface area contributed by atoms with Crippen LogP contribution in [0.25, 0.3) is 0 Å². The molecule has 4 nitrogen and oxygen atoms in total. The summed E-state index contributed by atoms with van der Waals surface area (Å²) in [5, 5.41) is 19.0. The molecule has 0 spiro atoms. The van der Waals surface area contributed by atoms with Gasteiger partial charge in [-0.2, -0.15) is 0 Å².